The van der Waals surface area contributed by atoms with Gasteiger partial charge in [-0.05, 0) is 6.07 Å². The van der Waals surface area contributed by atoms with Crippen molar-refractivity contribution < 1.29 is 29.1 Å². The highest BCUT2D eigenvalue weighted by Gasteiger charge is 2.25. The highest BCUT2D eigenvalue weighted by Crippen LogP contribution is 2.36. The van der Waals surface area contributed by atoms with Gasteiger partial charge in [0, 0.05) is 22.7 Å². The molecule has 0 saturated carbocycles. The third-order valence-electron chi connectivity index (χ3n) is 2.72. The van der Waals surface area contributed by atoms with E-state index in [1.165, 1.54) is 6.20 Å². The Kier molecular flexibility index (Phi) is 4.05. The monoisotopic (exact) mass is 287 g/mol. The Balaban J connectivity index is 2.15. The Hall–Kier alpha value is -1.21. The highest BCUT2D eigenvalue weighted by atomic mass is 31.2. The first-order valence-electron chi connectivity index (χ1n) is 5.51. The average molecular weight is 287 g/mol. The van der Waals surface area contributed by atoms with Crippen LogP contribution in [-0.2, 0) is 9.09 Å². The number of aromatic amines is 1. The smallest absolute Gasteiger partial charge is 0.388 e. The molecule has 0 aliphatic rings. The number of hydrogen-bond donors (Lipinski definition) is 5. The molecule has 2 rings (SSSR count). The van der Waals surface area contributed by atoms with Crippen LogP contribution in [-0.4, -0.2) is 37.7 Å². The van der Waals surface area contributed by atoms with Gasteiger partial charge in [-0.25, -0.2) is 4.57 Å². The number of para-hydroxylation sites is 1. The molecular weight excluding hydrogens is 273 g/mol. The molecule has 0 aliphatic heterocycles. The van der Waals surface area contributed by atoms with E-state index in [0.717, 1.165) is 10.9 Å². The summed E-state index contributed by atoms with van der Waals surface area (Å²) < 4.78 is 14.7. The molecule has 7 nitrogen and oxygen atoms in total. The zero-order valence-corrected chi connectivity index (χ0v) is 10.7. The summed E-state index contributed by atoms with van der Waals surface area (Å²) in [7, 11) is -4.66. The third kappa shape index (κ3) is 3.42. The number of aliphatic hydroxyl groups is 2. The molecular formula is C11H14NO6P. The molecule has 0 radical (unpaired) electrons. The maximum Gasteiger partial charge on any atom is 0.469 e. The normalized spacial score (nSPS) is 15.6. The second kappa shape index (κ2) is 5.42. The van der Waals surface area contributed by atoms with Crippen molar-refractivity contribution >= 4 is 18.7 Å². The van der Waals surface area contributed by atoms with Crippen molar-refractivity contribution in [1.82, 2.24) is 4.98 Å². The number of nitrogens with one attached hydrogen (secondary N) is 1. The number of hydrogen-bond acceptors (Lipinski definition) is 4. The summed E-state index contributed by atoms with van der Waals surface area (Å²) in [5, 5.41) is 20.4. The standard InChI is InChI=1S/C11H14NO6P/c13-10(6-18-19(15,16)17)11(14)8-5-12-9-4-2-1-3-7(8)9/h1-5,10-14H,6H2,(H2,15,16,17)/t10-,11+/m1/s1. The van der Waals surface area contributed by atoms with Crippen molar-refractivity contribution in [2.24, 2.45) is 0 Å². The summed E-state index contributed by atoms with van der Waals surface area (Å²) in [5.41, 5.74) is 1.23. The summed E-state index contributed by atoms with van der Waals surface area (Å²) in [5.74, 6) is 0. The van der Waals surface area contributed by atoms with E-state index < -0.39 is 26.6 Å². The quantitative estimate of drug-likeness (QED) is 0.515. The van der Waals surface area contributed by atoms with Crippen LogP contribution < -0.4 is 0 Å². The fourth-order valence-corrected chi connectivity index (χ4v) is 2.16. The summed E-state index contributed by atoms with van der Waals surface area (Å²) in [4.78, 5) is 20.0. The molecule has 8 heteroatoms. The van der Waals surface area contributed by atoms with Crippen LogP contribution in [0.4, 0.5) is 0 Å². The fraction of sp³-hybridized carbons (Fsp3) is 0.273. The van der Waals surface area contributed by atoms with Crippen molar-refractivity contribution in [1.29, 1.82) is 0 Å². The Morgan fingerprint density at radius 2 is 1.95 bits per heavy atom. The number of H-pyrrole nitrogens is 1. The molecule has 1 aromatic carbocycles. The second-order valence-electron chi connectivity index (χ2n) is 4.09. The first-order chi connectivity index (χ1) is 8.88. The molecule has 104 valence electrons. The van der Waals surface area contributed by atoms with Crippen LogP contribution in [0.25, 0.3) is 10.9 Å². The van der Waals surface area contributed by atoms with Crippen LogP contribution in [0, 0.1) is 0 Å². The Labute approximate surface area is 108 Å². The predicted octanol–water partition coefficient (Wildman–Crippen LogP) is 0.671. The van der Waals surface area contributed by atoms with Gasteiger partial charge in [0.15, 0.2) is 0 Å². The minimum Gasteiger partial charge on any atom is -0.388 e. The SMILES string of the molecule is O=P(O)(O)OC[C@@H](O)[C@@H](O)c1c[nH]c2ccccc12. The van der Waals surface area contributed by atoms with Gasteiger partial charge in [0.1, 0.15) is 12.2 Å². The van der Waals surface area contributed by atoms with Gasteiger partial charge in [-0.3, -0.25) is 4.52 Å². The van der Waals surface area contributed by atoms with Crippen LogP contribution in [0.2, 0.25) is 0 Å². The van der Waals surface area contributed by atoms with E-state index in [1.54, 1.807) is 12.1 Å². The zero-order chi connectivity index (χ0) is 14.0. The molecule has 2 aromatic rings. The molecule has 5 N–H and O–H groups in total. The molecule has 1 aromatic heterocycles. The van der Waals surface area contributed by atoms with Gasteiger partial charge in [0.05, 0.1) is 6.61 Å². The molecule has 0 saturated heterocycles. The van der Waals surface area contributed by atoms with E-state index >= 15 is 0 Å². The largest absolute Gasteiger partial charge is 0.469 e. The molecule has 19 heavy (non-hydrogen) atoms. The Morgan fingerprint density at radius 3 is 2.63 bits per heavy atom. The maximum atomic E-state index is 10.5. The molecule has 0 spiro atoms. The molecule has 2 atom stereocenters. The zero-order valence-electron chi connectivity index (χ0n) is 9.80. The summed E-state index contributed by atoms with van der Waals surface area (Å²) in [6, 6.07) is 7.18. The minimum atomic E-state index is -4.66. The number of phosphoric ester groups is 1. The van der Waals surface area contributed by atoms with Gasteiger partial charge in [-0.1, -0.05) is 18.2 Å². The van der Waals surface area contributed by atoms with Crippen LogP contribution >= 0.6 is 7.82 Å². The third-order valence-corrected chi connectivity index (χ3v) is 3.20. The van der Waals surface area contributed by atoms with Gasteiger partial charge < -0.3 is 25.0 Å². The van der Waals surface area contributed by atoms with Crippen molar-refractivity contribution in [2.45, 2.75) is 12.2 Å². The molecule has 0 fully saturated rings. The minimum absolute atomic E-state index is 0.442. The van der Waals surface area contributed by atoms with Crippen molar-refractivity contribution in [3.63, 3.8) is 0 Å². The number of phosphoric acid groups is 1. The lowest BCUT2D eigenvalue weighted by Crippen LogP contribution is -2.23. The van der Waals surface area contributed by atoms with E-state index in [0.29, 0.717) is 5.56 Å². The van der Waals surface area contributed by atoms with Crippen molar-refractivity contribution in [3.8, 4) is 0 Å². The van der Waals surface area contributed by atoms with E-state index in [2.05, 4.69) is 9.51 Å². The van der Waals surface area contributed by atoms with E-state index in [4.69, 9.17) is 9.79 Å². The molecule has 1 heterocycles. The summed E-state index contributed by atoms with van der Waals surface area (Å²) >= 11 is 0. The van der Waals surface area contributed by atoms with Crippen LogP contribution in [0.1, 0.15) is 11.7 Å². The van der Waals surface area contributed by atoms with Crippen LogP contribution in [0.15, 0.2) is 30.5 Å². The van der Waals surface area contributed by atoms with E-state index in [-0.39, 0.29) is 0 Å². The molecule has 0 unspecified atom stereocenters. The van der Waals surface area contributed by atoms with Gasteiger partial charge in [0.25, 0.3) is 0 Å². The van der Waals surface area contributed by atoms with E-state index in [9.17, 15) is 14.8 Å². The summed E-state index contributed by atoms with van der Waals surface area (Å²) in [6.07, 6.45) is -1.20. The van der Waals surface area contributed by atoms with Gasteiger partial charge in [-0.2, -0.15) is 0 Å². The molecule has 0 aliphatic carbocycles. The van der Waals surface area contributed by atoms with Crippen molar-refractivity contribution in [2.75, 3.05) is 6.61 Å². The van der Waals surface area contributed by atoms with Gasteiger partial charge >= 0.3 is 7.82 Å². The predicted molar refractivity (Wildman–Crippen MR) is 67.3 cm³/mol. The second-order valence-corrected chi connectivity index (χ2v) is 5.33. The maximum absolute atomic E-state index is 10.5. The lowest BCUT2D eigenvalue weighted by molar-refractivity contribution is -0.0143. The Morgan fingerprint density at radius 1 is 1.26 bits per heavy atom. The Bertz CT molecular complexity index is 606. The lowest BCUT2D eigenvalue weighted by Gasteiger charge is -2.17. The lowest BCUT2D eigenvalue weighted by atomic mass is 10.0. The number of rotatable bonds is 5. The number of aliphatic hydroxyl groups excluding tert-OH is 2. The summed E-state index contributed by atoms with van der Waals surface area (Å²) in [6.45, 7) is -0.662. The topological polar surface area (TPSA) is 123 Å². The number of fused-ring (bicyclic) bond motifs is 1. The van der Waals surface area contributed by atoms with Crippen molar-refractivity contribution in [3.05, 3.63) is 36.0 Å². The molecule has 0 bridgehead atoms. The number of aromatic nitrogens is 1. The van der Waals surface area contributed by atoms with Crippen LogP contribution in [0.3, 0.4) is 0 Å². The van der Waals surface area contributed by atoms with Gasteiger partial charge in [0.2, 0.25) is 0 Å². The molecule has 0 amide bonds. The van der Waals surface area contributed by atoms with Crippen LogP contribution in [0.5, 0.6) is 0 Å². The van der Waals surface area contributed by atoms with E-state index in [1.807, 2.05) is 12.1 Å². The first kappa shape index (κ1) is 14.2. The number of benzene rings is 1. The average Bonchev–Trinajstić information content (AvgIpc) is 2.78. The first-order valence-corrected chi connectivity index (χ1v) is 7.04. The fourth-order valence-electron chi connectivity index (χ4n) is 1.81. The highest BCUT2D eigenvalue weighted by molar-refractivity contribution is 7.46. The van der Waals surface area contributed by atoms with Gasteiger partial charge in [-0.15, -0.1) is 0 Å².